The monoisotopic (exact) mass is 167 g/mol. The third-order valence-corrected chi connectivity index (χ3v) is 1.63. The molecular weight excluding hydrogens is 150 g/mol. The largest absolute Gasteiger partial charge is 0.394 e. The summed E-state index contributed by atoms with van der Waals surface area (Å²) >= 11 is 0. The van der Waals surface area contributed by atoms with Crippen LogP contribution in [0.1, 0.15) is 20.3 Å². The number of hydrogen-bond donors (Lipinski definition) is 1. The van der Waals surface area contributed by atoms with Crippen LogP contribution in [0.2, 0.25) is 0 Å². The first-order valence-corrected chi connectivity index (χ1v) is 4.25. The predicted octanol–water partition coefficient (Wildman–Crippen LogP) is 1.89. The molecule has 0 fully saturated rings. The van der Waals surface area contributed by atoms with Gasteiger partial charge in [0.25, 0.3) is 0 Å². The van der Waals surface area contributed by atoms with Crippen LogP contribution in [0.25, 0.3) is 0 Å². The first kappa shape index (κ1) is 11.0. The zero-order valence-corrected chi connectivity index (χ0v) is 8.00. The van der Waals surface area contributed by atoms with Gasteiger partial charge < -0.3 is 5.32 Å². The molecule has 0 aliphatic rings. The SMILES string of the molecule is CCC(=O)C(C)/C=C\C=CNC. The quantitative estimate of drug-likeness (QED) is 0.633. The van der Waals surface area contributed by atoms with E-state index in [4.69, 9.17) is 0 Å². The van der Waals surface area contributed by atoms with Crippen molar-refractivity contribution in [1.82, 2.24) is 5.32 Å². The van der Waals surface area contributed by atoms with Crippen molar-refractivity contribution in [3.63, 3.8) is 0 Å². The smallest absolute Gasteiger partial charge is 0.139 e. The lowest BCUT2D eigenvalue weighted by atomic mass is 10.0. The van der Waals surface area contributed by atoms with Crippen molar-refractivity contribution in [3.8, 4) is 0 Å². The Balaban J connectivity index is 3.82. The Labute approximate surface area is 74.4 Å². The molecule has 0 heterocycles. The minimum absolute atomic E-state index is 0.0384. The number of nitrogens with one attached hydrogen (secondary N) is 1. The van der Waals surface area contributed by atoms with Crippen molar-refractivity contribution >= 4 is 5.78 Å². The number of hydrogen-bond acceptors (Lipinski definition) is 2. The van der Waals surface area contributed by atoms with Crippen molar-refractivity contribution in [2.24, 2.45) is 5.92 Å². The molecule has 0 aliphatic heterocycles. The molecule has 2 nitrogen and oxygen atoms in total. The van der Waals surface area contributed by atoms with Crippen molar-refractivity contribution in [2.45, 2.75) is 20.3 Å². The highest BCUT2D eigenvalue weighted by Crippen LogP contribution is 2.01. The van der Waals surface area contributed by atoms with E-state index in [1.165, 1.54) is 0 Å². The Bertz CT molecular complexity index is 182. The normalized spacial score (nSPS) is 13.9. The number of carbonyl (C=O) groups excluding carboxylic acids is 1. The number of Topliss-reactive ketones (excluding diaryl/α,β-unsaturated/α-hetero) is 1. The summed E-state index contributed by atoms with van der Waals surface area (Å²) in [5, 5.41) is 2.87. The highest BCUT2D eigenvalue weighted by molar-refractivity contribution is 5.81. The molecule has 0 amide bonds. The van der Waals surface area contributed by atoms with E-state index in [2.05, 4.69) is 5.32 Å². The Morgan fingerprint density at radius 3 is 2.67 bits per heavy atom. The molecular formula is C10H17NO. The molecule has 1 N–H and O–H groups in total. The van der Waals surface area contributed by atoms with Gasteiger partial charge in [0, 0.05) is 19.4 Å². The zero-order valence-electron chi connectivity index (χ0n) is 8.00. The standard InChI is InChI=1S/C10H17NO/c1-4-10(12)9(2)7-5-6-8-11-3/h5-9,11H,4H2,1-3H3/b7-5-,8-6?. The molecule has 0 radical (unpaired) electrons. The van der Waals surface area contributed by atoms with E-state index in [0.717, 1.165) is 0 Å². The van der Waals surface area contributed by atoms with Gasteiger partial charge >= 0.3 is 0 Å². The fourth-order valence-electron chi connectivity index (χ4n) is 0.812. The highest BCUT2D eigenvalue weighted by atomic mass is 16.1. The van der Waals surface area contributed by atoms with Gasteiger partial charge in [0.1, 0.15) is 5.78 Å². The fraction of sp³-hybridized carbons (Fsp3) is 0.500. The minimum Gasteiger partial charge on any atom is -0.394 e. The van der Waals surface area contributed by atoms with Crippen LogP contribution in [0, 0.1) is 5.92 Å². The fourth-order valence-corrected chi connectivity index (χ4v) is 0.812. The third kappa shape index (κ3) is 4.72. The number of allylic oxidation sites excluding steroid dienone is 3. The summed E-state index contributed by atoms with van der Waals surface area (Å²) in [5.41, 5.74) is 0. The molecule has 1 atom stereocenters. The lowest BCUT2D eigenvalue weighted by molar-refractivity contribution is -0.120. The second-order valence-electron chi connectivity index (χ2n) is 2.64. The molecule has 1 unspecified atom stereocenters. The van der Waals surface area contributed by atoms with E-state index in [0.29, 0.717) is 6.42 Å². The zero-order chi connectivity index (χ0) is 9.40. The summed E-state index contributed by atoms with van der Waals surface area (Å²) in [6, 6.07) is 0. The first-order chi connectivity index (χ1) is 5.72. The van der Waals surface area contributed by atoms with Crippen molar-refractivity contribution in [3.05, 3.63) is 24.4 Å². The van der Waals surface area contributed by atoms with Crippen LogP contribution in [0.5, 0.6) is 0 Å². The molecule has 0 aromatic carbocycles. The van der Waals surface area contributed by atoms with Gasteiger partial charge in [-0.15, -0.1) is 0 Å². The second kappa shape index (κ2) is 6.65. The molecule has 12 heavy (non-hydrogen) atoms. The molecule has 0 aromatic rings. The minimum atomic E-state index is 0.0384. The number of carbonyl (C=O) groups is 1. The summed E-state index contributed by atoms with van der Waals surface area (Å²) in [4.78, 5) is 11.1. The molecule has 0 spiro atoms. The Morgan fingerprint density at radius 2 is 2.17 bits per heavy atom. The summed E-state index contributed by atoms with van der Waals surface area (Å²) in [6.07, 6.45) is 8.09. The van der Waals surface area contributed by atoms with Gasteiger partial charge in [0.15, 0.2) is 0 Å². The van der Waals surface area contributed by atoms with Crippen LogP contribution in [0.4, 0.5) is 0 Å². The van der Waals surface area contributed by atoms with E-state index >= 15 is 0 Å². The van der Waals surface area contributed by atoms with Crippen molar-refractivity contribution in [2.75, 3.05) is 7.05 Å². The van der Waals surface area contributed by atoms with Crippen molar-refractivity contribution in [1.29, 1.82) is 0 Å². The van der Waals surface area contributed by atoms with Gasteiger partial charge in [0.05, 0.1) is 0 Å². The summed E-state index contributed by atoms with van der Waals surface area (Å²) in [6.45, 7) is 3.80. The van der Waals surface area contributed by atoms with Crippen molar-refractivity contribution < 1.29 is 4.79 Å². The molecule has 0 aliphatic carbocycles. The molecule has 0 saturated heterocycles. The Morgan fingerprint density at radius 1 is 1.50 bits per heavy atom. The average molecular weight is 167 g/mol. The Kier molecular flexibility index (Phi) is 6.07. The molecule has 0 saturated carbocycles. The van der Waals surface area contributed by atoms with E-state index in [-0.39, 0.29) is 11.7 Å². The van der Waals surface area contributed by atoms with E-state index in [1.807, 2.05) is 45.3 Å². The maximum absolute atomic E-state index is 11.1. The van der Waals surface area contributed by atoms with Crippen LogP contribution in [0.15, 0.2) is 24.4 Å². The van der Waals surface area contributed by atoms with Crippen LogP contribution in [-0.2, 0) is 4.79 Å². The second-order valence-corrected chi connectivity index (χ2v) is 2.64. The van der Waals surface area contributed by atoms with E-state index in [1.54, 1.807) is 0 Å². The van der Waals surface area contributed by atoms with Crippen LogP contribution >= 0.6 is 0 Å². The predicted molar refractivity (Wildman–Crippen MR) is 51.8 cm³/mol. The average Bonchev–Trinajstić information content (AvgIpc) is 2.10. The van der Waals surface area contributed by atoms with E-state index in [9.17, 15) is 4.79 Å². The lowest BCUT2D eigenvalue weighted by Crippen LogP contribution is -2.05. The van der Waals surface area contributed by atoms with Gasteiger partial charge in [-0.3, -0.25) is 4.79 Å². The molecule has 0 rings (SSSR count). The summed E-state index contributed by atoms with van der Waals surface area (Å²) in [7, 11) is 1.84. The van der Waals surface area contributed by atoms with Crippen LogP contribution in [0.3, 0.4) is 0 Å². The molecule has 68 valence electrons. The van der Waals surface area contributed by atoms with Crippen LogP contribution in [-0.4, -0.2) is 12.8 Å². The molecule has 2 heteroatoms. The van der Waals surface area contributed by atoms with Crippen LogP contribution < -0.4 is 5.32 Å². The van der Waals surface area contributed by atoms with Gasteiger partial charge in [-0.1, -0.05) is 26.0 Å². The van der Waals surface area contributed by atoms with Gasteiger partial charge in [-0.05, 0) is 12.3 Å². The lowest BCUT2D eigenvalue weighted by Gasteiger charge is -1.99. The maximum Gasteiger partial charge on any atom is 0.139 e. The maximum atomic E-state index is 11.1. The summed E-state index contributed by atoms with van der Waals surface area (Å²) in [5.74, 6) is 0.320. The highest BCUT2D eigenvalue weighted by Gasteiger charge is 2.04. The molecule has 0 aromatic heterocycles. The van der Waals surface area contributed by atoms with E-state index < -0.39 is 0 Å². The topological polar surface area (TPSA) is 29.1 Å². The third-order valence-electron chi connectivity index (χ3n) is 1.63. The Hall–Kier alpha value is -1.05. The van der Waals surface area contributed by atoms with Gasteiger partial charge in [0.2, 0.25) is 0 Å². The number of ketones is 1. The molecule has 0 bridgehead atoms. The number of rotatable bonds is 5. The van der Waals surface area contributed by atoms with Gasteiger partial charge in [-0.2, -0.15) is 0 Å². The van der Waals surface area contributed by atoms with Gasteiger partial charge in [-0.25, -0.2) is 0 Å². The summed E-state index contributed by atoms with van der Waals surface area (Å²) < 4.78 is 0. The first-order valence-electron chi connectivity index (χ1n) is 4.25.